The second-order valence-corrected chi connectivity index (χ2v) is 9.40. The van der Waals surface area contributed by atoms with E-state index in [4.69, 9.17) is 14.2 Å². The van der Waals surface area contributed by atoms with Crippen molar-refractivity contribution in [2.75, 3.05) is 40.5 Å². The number of hydrogen-bond acceptors (Lipinski definition) is 7. The zero-order valence-electron chi connectivity index (χ0n) is 22.0. The molecule has 0 saturated heterocycles. The molecule has 0 aliphatic carbocycles. The molecule has 0 aliphatic rings. The van der Waals surface area contributed by atoms with Gasteiger partial charge in [-0.1, -0.05) is 13.0 Å². The van der Waals surface area contributed by atoms with Crippen molar-refractivity contribution in [1.82, 2.24) is 9.80 Å². The van der Waals surface area contributed by atoms with E-state index in [0.717, 1.165) is 16.0 Å². The summed E-state index contributed by atoms with van der Waals surface area (Å²) in [5.41, 5.74) is 2.16. The summed E-state index contributed by atoms with van der Waals surface area (Å²) >= 11 is 1.62. The minimum Gasteiger partial charge on any atom is -0.493 e. The molecule has 2 amide bonds. The van der Waals surface area contributed by atoms with Gasteiger partial charge in [0, 0.05) is 24.4 Å². The maximum Gasteiger partial charge on any atom is 0.306 e. The molecule has 0 fully saturated rings. The summed E-state index contributed by atoms with van der Waals surface area (Å²) in [6.45, 7) is 7.40. The Morgan fingerprint density at radius 2 is 1.67 bits per heavy atom. The third kappa shape index (κ3) is 8.86. The maximum atomic E-state index is 13.5. The van der Waals surface area contributed by atoms with Crippen LogP contribution >= 0.6 is 11.3 Å². The standard InChI is InChI=1S/C27H38N2O6S/c1-6-14-28(25(30)10-11-27(32)35-7-2)19-26(31)29(18-24-20(3)13-16-36-24)15-12-21-8-9-22(33-4)23(17-21)34-5/h8-9,13,16-17H,6-7,10-12,14-15,18-19H2,1-5H3. The molecule has 1 heterocycles. The lowest BCUT2D eigenvalue weighted by molar-refractivity contribution is -0.146. The highest BCUT2D eigenvalue weighted by atomic mass is 32.1. The van der Waals surface area contributed by atoms with Crippen LogP contribution in [0.5, 0.6) is 11.5 Å². The number of rotatable bonds is 15. The van der Waals surface area contributed by atoms with E-state index in [0.29, 0.717) is 44.0 Å². The predicted molar refractivity (Wildman–Crippen MR) is 140 cm³/mol. The number of aryl methyl sites for hydroxylation is 1. The smallest absolute Gasteiger partial charge is 0.306 e. The van der Waals surface area contributed by atoms with E-state index in [2.05, 4.69) is 0 Å². The van der Waals surface area contributed by atoms with Crippen molar-refractivity contribution in [3.05, 3.63) is 45.6 Å². The van der Waals surface area contributed by atoms with Crippen molar-refractivity contribution >= 4 is 29.1 Å². The van der Waals surface area contributed by atoms with Gasteiger partial charge in [0.2, 0.25) is 11.8 Å². The van der Waals surface area contributed by atoms with Gasteiger partial charge in [-0.05, 0) is 61.4 Å². The van der Waals surface area contributed by atoms with Gasteiger partial charge in [0.25, 0.3) is 0 Å². The number of thiophene rings is 1. The molecule has 2 aromatic rings. The Hall–Kier alpha value is -3.07. The van der Waals surface area contributed by atoms with Gasteiger partial charge >= 0.3 is 5.97 Å². The van der Waals surface area contributed by atoms with Crippen LogP contribution in [-0.2, 0) is 32.1 Å². The number of carbonyl (C=O) groups is 3. The molecular formula is C27H38N2O6S. The molecule has 0 unspecified atom stereocenters. The Labute approximate surface area is 218 Å². The SMILES string of the molecule is CCCN(CC(=O)N(CCc1ccc(OC)c(OC)c1)Cc1sccc1C)C(=O)CCC(=O)OCC. The summed E-state index contributed by atoms with van der Waals surface area (Å²) in [7, 11) is 3.19. The number of esters is 1. The molecule has 1 aromatic carbocycles. The molecule has 0 spiro atoms. The minimum absolute atomic E-state index is 0.0124. The molecular weight excluding hydrogens is 480 g/mol. The first kappa shape index (κ1) is 29.2. The molecule has 198 valence electrons. The molecule has 0 aliphatic heterocycles. The van der Waals surface area contributed by atoms with Crippen LogP contribution in [0.25, 0.3) is 0 Å². The Bertz CT molecular complexity index is 1010. The molecule has 2 rings (SSSR count). The quantitative estimate of drug-likeness (QED) is 0.328. The molecule has 0 saturated carbocycles. The van der Waals surface area contributed by atoms with Gasteiger partial charge in [-0.2, -0.15) is 0 Å². The van der Waals surface area contributed by atoms with E-state index in [1.54, 1.807) is 42.3 Å². The van der Waals surface area contributed by atoms with Crippen LogP contribution < -0.4 is 9.47 Å². The topological polar surface area (TPSA) is 85.4 Å². The number of hydrogen-bond donors (Lipinski definition) is 0. The largest absolute Gasteiger partial charge is 0.493 e. The fourth-order valence-corrected chi connectivity index (χ4v) is 4.68. The summed E-state index contributed by atoms with van der Waals surface area (Å²) in [6, 6.07) is 7.77. The van der Waals surface area contributed by atoms with Crippen molar-refractivity contribution in [2.24, 2.45) is 0 Å². The van der Waals surface area contributed by atoms with Gasteiger partial charge in [0.05, 0.1) is 40.3 Å². The van der Waals surface area contributed by atoms with Crippen LogP contribution in [0.15, 0.2) is 29.6 Å². The van der Waals surface area contributed by atoms with Crippen molar-refractivity contribution in [1.29, 1.82) is 0 Å². The van der Waals surface area contributed by atoms with Crippen LogP contribution in [-0.4, -0.2) is 68.0 Å². The van der Waals surface area contributed by atoms with Crippen LogP contribution in [0, 0.1) is 6.92 Å². The van der Waals surface area contributed by atoms with E-state index in [9.17, 15) is 14.4 Å². The van der Waals surface area contributed by atoms with Gasteiger partial charge in [-0.3, -0.25) is 14.4 Å². The van der Waals surface area contributed by atoms with Crippen molar-refractivity contribution in [3.8, 4) is 11.5 Å². The molecule has 0 N–H and O–H groups in total. The lowest BCUT2D eigenvalue weighted by Crippen LogP contribution is -2.43. The van der Waals surface area contributed by atoms with Gasteiger partial charge < -0.3 is 24.0 Å². The summed E-state index contributed by atoms with van der Waals surface area (Å²) in [5.74, 6) is 0.549. The van der Waals surface area contributed by atoms with Crippen LogP contribution in [0.2, 0.25) is 0 Å². The highest BCUT2D eigenvalue weighted by Crippen LogP contribution is 2.28. The molecule has 8 nitrogen and oxygen atoms in total. The van der Waals surface area contributed by atoms with Gasteiger partial charge in [0.1, 0.15) is 0 Å². The molecule has 0 atom stereocenters. The Morgan fingerprint density at radius 3 is 2.28 bits per heavy atom. The van der Waals surface area contributed by atoms with Crippen LogP contribution in [0.3, 0.4) is 0 Å². The number of nitrogens with zero attached hydrogens (tertiary/aromatic N) is 2. The number of carbonyl (C=O) groups excluding carboxylic acids is 3. The van der Waals surface area contributed by atoms with Gasteiger partial charge in [-0.15, -0.1) is 11.3 Å². The zero-order valence-corrected chi connectivity index (χ0v) is 22.8. The third-order valence-electron chi connectivity index (χ3n) is 5.79. The highest BCUT2D eigenvalue weighted by Gasteiger charge is 2.22. The average Bonchev–Trinajstić information content (AvgIpc) is 3.28. The van der Waals surface area contributed by atoms with Gasteiger partial charge in [0.15, 0.2) is 11.5 Å². The maximum absolute atomic E-state index is 13.5. The van der Waals surface area contributed by atoms with E-state index in [-0.39, 0.29) is 37.8 Å². The minimum atomic E-state index is -0.404. The van der Waals surface area contributed by atoms with E-state index >= 15 is 0 Å². The summed E-state index contributed by atoms with van der Waals surface area (Å²) in [6.07, 6.45) is 1.38. The van der Waals surface area contributed by atoms with E-state index in [1.165, 1.54) is 0 Å². The fourth-order valence-electron chi connectivity index (χ4n) is 3.76. The zero-order chi connectivity index (χ0) is 26.5. The highest BCUT2D eigenvalue weighted by molar-refractivity contribution is 7.10. The summed E-state index contributed by atoms with van der Waals surface area (Å²) in [5, 5.41) is 2.02. The summed E-state index contributed by atoms with van der Waals surface area (Å²) < 4.78 is 15.7. The van der Waals surface area contributed by atoms with Crippen molar-refractivity contribution < 1.29 is 28.6 Å². The first-order valence-electron chi connectivity index (χ1n) is 12.3. The number of methoxy groups -OCH3 is 2. The lowest BCUT2D eigenvalue weighted by atomic mass is 10.1. The third-order valence-corrected chi connectivity index (χ3v) is 6.80. The predicted octanol–water partition coefficient (Wildman–Crippen LogP) is 4.23. The molecule has 36 heavy (non-hydrogen) atoms. The monoisotopic (exact) mass is 518 g/mol. The number of benzene rings is 1. The van der Waals surface area contributed by atoms with Crippen LogP contribution in [0.1, 0.15) is 49.1 Å². The second-order valence-electron chi connectivity index (χ2n) is 8.40. The lowest BCUT2D eigenvalue weighted by Gasteiger charge is -2.28. The molecule has 0 radical (unpaired) electrons. The molecule has 1 aromatic heterocycles. The van der Waals surface area contributed by atoms with Gasteiger partial charge in [-0.25, -0.2) is 0 Å². The first-order chi connectivity index (χ1) is 17.3. The van der Waals surface area contributed by atoms with Crippen LogP contribution in [0.4, 0.5) is 0 Å². The number of ether oxygens (including phenoxy) is 3. The van der Waals surface area contributed by atoms with E-state index < -0.39 is 5.97 Å². The van der Waals surface area contributed by atoms with E-state index in [1.807, 2.05) is 43.5 Å². The molecule has 9 heteroatoms. The first-order valence-corrected chi connectivity index (χ1v) is 13.2. The molecule has 0 bridgehead atoms. The van der Waals surface area contributed by atoms with Crippen molar-refractivity contribution in [2.45, 2.75) is 53.0 Å². The Morgan fingerprint density at radius 1 is 0.917 bits per heavy atom. The summed E-state index contributed by atoms with van der Waals surface area (Å²) in [4.78, 5) is 42.4. The second kappa shape index (κ2) is 15.1. The Kier molecular flexibility index (Phi) is 12.3. The normalized spacial score (nSPS) is 10.6. The van der Waals surface area contributed by atoms with Crippen molar-refractivity contribution in [3.63, 3.8) is 0 Å². The average molecular weight is 519 g/mol. The Balaban J connectivity index is 2.14. The fraction of sp³-hybridized carbons (Fsp3) is 0.519. The number of amides is 2.